The summed E-state index contributed by atoms with van der Waals surface area (Å²) in [5.74, 6) is 0.654. The average molecular weight is 154 g/mol. The fraction of sp³-hybridized carbons (Fsp3) is 0.700. The fourth-order valence-corrected chi connectivity index (χ4v) is 0.858. The maximum atomic E-state index is 9.93. The van der Waals surface area contributed by atoms with E-state index in [1.54, 1.807) is 0 Å². The number of hydrogen-bond donors (Lipinski definition) is 0. The molecule has 64 valence electrons. The van der Waals surface area contributed by atoms with Crippen LogP contribution in [0.15, 0.2) is 12.2 Å². The van der Waals surface area contributed by atoms with Gasteiger partial charge in [0.05, 0.1) is 0 Å². The van der Waals surface area contributed by atoms with Gasteiger partial charge >= 0.3 is 0 Å². The lowest BCUT2D eigenvalue weighted by atomic mass is 10.1. The minimum absolute atomic E-state index is 0.654. The largest absolute Gasteiger partial charge is 0.303 e. The van der Waals surface area contributed by atoms with E-state index in [9.17, 15) is 4.79 Å². The van der Waals surface area contributed by atoms with Gasteiger partial charge in [-0.3, -0.25) is 0 Å². The van der Waals surface area contributed by atoms with Crippen LogP contribution in [0.4, 0.5) is 0 Å². The summed E-state index contributed by atoms with van der Waals surface area (Å²) >= 11 is 0. The first-order valence-electron chi connectivity index (χ1n) is 4.37. The summed E-state index contributed by atoms with van der Waals surface area (Å²) in [4.78, 5) is 9.93. The molecule has 1 nitrogen and oxygen atoms in total. The molecule has 0 heterocycles. The molecule has 0 fully saturated rings. The van der Waals surface area contributed by atoms with E-state index in [4.69, 9.17) is 0 Å². The third-order valence-electron chi connectivity index (χ3n) is 1.46. The normalized spacial score (nSPS) is 11.2. The van der Waals surface area contributed by atoms with E-state index in [2.05, 4.69) is 26.0 Å². The monoisotopic (exact) mass is 154 g/mol. The number of unbranched alkanes of at least 4 members (excludes halogenated alkanes) is 3. The number of aldehydes is 1. The van der Waals surface area contributed by atoms with Gasteiger partial charge in [-0.25, -0.2) is 0 Å². The minimum atomic E-state index is 0.654. The Morgan fingerprint density at radius 3 is 2.36 bits per heavy atom. The van der Waals surface area contributed by atoms with E-state index in [-0.39, 0.29) is 0 Å². The second-order valence-electron chi connectivity index (χ2n) is 3.12. The maximum absolute atomic E-state index is 9.93. The predicted octanol–water partition coefficient (Wildman–Crippen LogP) is 2.96. The second-order valence-corrected chi connectivity index (χ2v) is 3.12. The number of carbonyl (C=O) groups is 1. The predicted molar refractivity (Wildman–Crippen MR) is 48.5 cm³/mol. The Bertz CT molecular complexity index is 114. The molecule has 0 aromatic heterocycles. The first-order valence-corrected chi connectivity index (χ1v) is 4.37. The van der Waals surface area contributed by atoms with Crippen molar-refractivity contribution in [3.63, 3.8) is 0 Å². The minimum Gasteiger partial charge on any atom is -0.303 e. The van der Waals surface area contributed by atoms with Crippen molar-refractivity contribution < 1.29 is 4.79 Å². The molecule has 0 atom stereocenters. The van der Waals surface area contributed by atoms with Crippen LogP contribution >= 0.6 is 0 Å². The lowest BCUT2D eigenvalue weighted by molar-refractivity contribution is -0.107. The van der Waals surface area contributed by atoms with E-state index in [1.807, 2.05) is 0 Å². The van der Waals surface area contributed by atoms with Crippen molar-refractivity contribution in [3.8, 4) is 0 Å². The van der Waals surface area contributed by atoms with Gasteiger partial charge in [0.1, 0.15) is 6.29 Å². The van der Waals surface area contributed by atoms with Crippen LogP contribution in [0.5, 0.6) is 0 Å². The van der Waals surface area contributed by atoms with E-state index in [1.165, 1.54) is 0 Å². The molecule has 1 heteroatoms. The van der Waals surface area contributed by atoms with Crippen molar-refractivity contribution >= 4 is 6.29 Å². The Labute approximate surface area is 69.5 Å². The zero-order valence-electron chi connectivity index (χ0n) is 7.55. The summed E-state index contributed by atoms with van der Waals surface area (Å²) < 4.78 is 0. The molecule has 0 amide bonds. The highest BCUT2D eigenvalue weighted by molar-refractivity contribution is 5.48. The van der Waals surface area contributed by atoms with Crippen LogP contribution in [0.25, 0.3) is 0 Å². The summed E-state index contributed by atoms with van der Waals surface area (Å²) in [6.07, 6.45) is 9.41. The summed E-state index contributed by atoms with van der Waals surface area (Å²) in [7, 11) is 0. The van der Waals surface area contributed by atoms with Crippen molar-refractivity contribution in [1.82, 2.24) is 0 Å². The zero-order valence-corrected chi connectivity index (χ0v) is 7.55. The molecule has 0 aliphatic carbocycles. The molecule has 11 heavy (non-hydrogen) atoms. The van der Waals surface area contributed by atoms with Gasteiger partial charge in [0, 0.05) is 6.42 Å². The molecular weight excluding hydrogens is 136 g/mol. The quantitative estimate of drug-likeness (QED) is 0.326. The first-order chi connectivity index (χ1) is 5.27. The Hall–Kier alpha value is -0.590. The average Bonchev–Trinajstić information content (AvgIpc) is 1.96. The Morgan fingerprint density at radius 1 is 1.18 bits per heavy atom. The van der Waals surface area contributed by atoms with Crippen LogP contribution in [-0.2, 0) is 4.79 Å². The number of rotatable bonds is 6. The molecule has 0 aliphatic heterocycles. The molecule has 0 saturated heterocycles. The van der Waals surface area contributed by atoms with Crippen molar-refractivity contribution in [2.45, 2.75) is 39.5 Å². The third kappa shape index (κ3) is 9.41. The molecule has 0 N–H and O–H groups in total. The van der Waals surface area contributed by atoms with Gasteiger partial charge in [0.25, 0.3) is 0 Å². The van der Waals surface area contributed by atoms with Gasteiger partial charge in [-0.05, 0) is 25.2 Å². The van der Waals surface area contributed by atoms with Gasteiger partial charge in [-0.1, -0.05) is 26.0 Å². The summed E-state index contributed by atoms with van der Waals surface area (Å²) in [6, 6.07) is 0. The van der Waals surface area contributed by atoms with Crippen molar-refractivity contribution in [1.29, 1.82) is 0 Å². The summed E-state index contributed by atoms with van der Waals surface area (Å²) in [5.41, 5.74) is 0. The molecule has 0 aromatic carbocycles. The molecule has 0 unspecified atom stereocenters. The van der Waals surface area contributed by atoms with E-state index >= 15 is 0 Å². The molecule has 0 bridgehead atoms. The molecule has 0 aromatic rings. The smallest absolute Gasteiger partial charge is 0.119 e. The van der Waals surface area contributed by atoms with Gasteiger partial charge < -0.3 is 4.79 Å². The number of carbonyl (C=O) groups excluding carboxylic acids is 1. The van der Waals surface area contributed by atoms with E-state index < -0.39 is 0 Å². The van der Waals surface area contributed by atoms with E-state index in [0.717, 1.165) is 32.0 Å². The van der Waals surface area contributed by atoms with Crippen molar-refractivity contribution in [2.24, 2.45) is 5.92 Å². The van der Waals surface area contributed by atoms with Crippen LogP contribution in [0, 0.1) is 5.92 Å². The van der Waals surface area contributed by atoms with Gasteiger partial charge in [0.2, 0.25) is 0 Å². The van der Waals surface area contributed by atoms with Gasteiger partial charge in [-0.2, -0.15) is 0 Å². The summed E-state index contributed by atoms with van der Waals surface area (Å²) in [6.45, 7) is 4.34. The Kier molecular flexibility index (Phi) is 7.11. The lowest BCUT2D eigenvalue weighted by Gasteiger charge is -1.93. The number of hydrogen-bond acceptors (Lipinski definition) is 1. The van der Waals surface area contributed by atoms with E-state index in [0.29, 0.717) is 5.92 Å². The number of allylic oxidation sites excluding steroid dienone is 2. The summed E-state index contributed by atoms with van der Waals surface area (Å²) in [5, 5.41) is 0. The maximum Gasteiger partial charge on any atom is 0.119 e. The highest BCUT2D eigenvalue weighted by Crippen LogP contribution is 2.01. The zero-order chi connectivity index (χ0) is 8.53. The van der Waals surface area contributed by atoms with Gasteiger partial charge in [0.15, 0.2) is 0 Å². The highest BCUT2D eigenvalue weighted by Gasteiger charge is 1.85. The highest BCUT2D eigenvalue weighted by atomic mass is 16.1. The van der Waals surface area contributed by atoms with Crippen LogP contribution in [0.3, 0.4) is 0 Å². The van der Waals surface area contributed by atoms with Crippen LogP contribution in [-0.4, -0.2) is 6.29 Å². The second kappa shape index (κ2) is 7.52. The van der Waals surface area contributed by atoms with Gasteiger partial charge in [-0.15, -0.1) is 0 Å². The third-order valence-corrected chi connectivity index (χ3v) is 1.46. The Morgan fingerprint density at radius 2 is 1.82 bits per heavy atom. The molecular formula is C10H18O. The van der Waals surface area contributed by atoms with Crippen molar-refractivity contribution in [2.75, 3.05) is 0 Å². The van der Waals surface area contributed by atoms with Crippen LogP contribution in [0.1, 0.15) is 39.5 Å². The standard InChI is InChI=1S/C10H18O/c1-10(2)8-6-4-3-5-7-9-11/h6,8-10H,3-5,7H2,1-2H3/b8-6+. The molecule has 0 spiro atoms. The first kappa shape index (κ1) is 10.4. The molecule has 0 aliphatic rings. The van der Waals surface area contributed by atoms with Crippen LogP contribution in [0.2, 0.25) is 0 Å². The fourth-order valence-electron chi connectivity index (χ4n) is 0.858. The molecule has 0 saturated carbocycles. The molecule has 0 radical (unpaired) electrons. The van der Waals surface area contributed by atoms with Crippen LogP contribution < -0.4 is 0 Å². The van der Waals surface area contributed by atoms with Crippen molar-refractivity contribution in [3.05, 3.63) is 12.2 Å². The molecule has 0 rings (SSSR count). The SMILES string of the molecule is CC(C)/C=C/CCCCC=O. The Balaban J connectivity index is 3.07. The topological polar surface area (TPSA) is 17.1 Å². The lowest BCUT2D eigenvalue weighted by Crippen LogP contribution is -1.79.